The molecule has 0 bridgehead atoms. The first-order chi connectivity index (χ1) is 13.5. The minimum Gasteiger partial charge on any atom is -0.412 e. The van der Waals surface area contributed by atoms with Gasteiger partial charge in [0.2, 0.25) is 0 Å². The van der Waals surface area contributed by atoms with Gasteiger partial charge >= 0.3 is 0 Å². The van der Waals surface area contributed by atoms with Crippen molar-refractivity contribution in [2.24, 2.45) is 23.2 Å². The highest BCUT2D eigenvalue weighted by molar-refractivity contribution is 6.73. The fourth-order valence-electron chi connectivity index (χ4n) is 7.79. The van der Waals surface area contributed by atoms with Crippen LogP contribution in [0.2, 0.25) is 18.1 Å². The Balaban J connectivity index is 1.67. The number of hydrogen-bond acceptors (Lipinski definition) is 2. The van der Waals surface area contributed by atoms with Crippen LogP contribution in [0.15, 0.2) is 12.2 Å². The Hall–Kier alpha value is -0.123. The van der Waals surface area contributed by atoms with Crippen molar-refractivity contribution in [1.29, 1.82) is 0 Å². The topological polar surface area (TPSA) is 18.5 Å². The largest absolute Gasteiger partial charge is 0.412 e. The standard InChI is InChI=1S/C26H48O2Si/c1-9-29(10-2,11-3)28-24(5,6)17-21-18-26(8,27-19-21)23-15-14-22-20(4)13-12-16-25(22,23)7/h21-23H,4,9-19H2,1-3,5-8H3/t21-,22+,23+,25+,26+/m1/s1. The monoisotopic (exact) mass is 420 g/mol. The van der Waals surface area contributed by atoms with Crippen molar-refractivity contribution in [3.63, 3.8) is 0 Å². The van der Waals surface area contributed by atoms with Crippen molar-refractivity contribution in [2.45, 2.75) is 123 Å². The second-order valence-corrected chi connectivity index (χ2v) is 16.4. The van der Waals surface area contributed by atoms with Gasteiger partial charge in [0.05, 0.1) is 17.8 Å². The van der Waals surface area contributed by atoms with Crippen LogP contribution in [0.5, 0.6) is 0 Å². The van der Waals surface area contributed by atoms with E-state index in [4.69, 9.17) is 9.16 Å². The third-order valence-electron chi connectivity index (χ3n) is 9.33. The quantitative estimate of drug-likeness (QED) is 0.295. The van der Waals surface area contributed by atoms with Gasteiger partial charge in [0.15, 0.2) is 8.32 Å². The SMILES string of the molecule is C=C1CCC[C@@]2(C)[C@H]1CC[C@@H]2[C@]1(C)C[C@@H](CC(C)(C)O[Si](CC)(CC)CC)CO1. The maximum atomic E-state index is 6.92. The Bertz CT molecular complexity index is 587. The van der Waals surface area contributed by atoms with Crippen LogP contribution < -0.4 is 0 Å². The highest BCUT2D eigenvalue weighted by atomic mass is 28.4. The molecule has 0 unspecified atom stereocenters. The summed E-state index contributed by atoms with van der Waals surface area (Å²) in [6.07, 6.45) is 8.92. The van der Waals surface area contributed by atoms with Crippen molar-refractivity contribution in [3.8, 4) is 0 Å². The molecule has 3 fully saturated rings. The van der Waals surface area contributed by atoms with Crippen LogP contribution in [-0.4, -0.2) is 26.1 Å². The minimum atomic E-state index is -1.58. The molecule has 0 N–H and O–H groups in total. The Morgan fingerprint density at radius 2 is 1.79 bits per heavy atom. The predicted molar refractivity (Wildman–Crippen MR) is 127 cm³/mol. The first-order valence-electron chi connectivity index (χ1n) is 12.5. The van der Waals surface area contributed by atoms with Gasteiger partial charge in [0.1, 0.15) is 0 Å². The van der Waals surface area contributed by atoms with E-state index < -0.39 is 8.32 Å². The molecule has 1 aliphatic heterocycles. The van der Waals surface area contributed by atoms with E-state index in [-0.39, 0.29) is 11.2 Å². The highest BCUT2D eigenvalue weighted by Crippen LogP contribution is 2.62. The Morgan fingerprint density at radius 3 is 2.41 bits per heavy atom. The smallest absolute Gasteiger partial charge is 0.192 e. The fraction of sp³-hybridized carbons (Fsp3) is 0.923. The number of ether oxygens (including phenoxy) is 1. The van der Waals surface area contributed by atoms with Crippen molar-refractivity contribution >= 4 is 8.32 Å². The molecule has 168 valence electrons. The molecule has 5 atom stereocenters. The van der Waals surface area contributed by atoms with Crippen molar-refractivity contribution < 1.29 is 9.16 Å². The van der Waals surface area contributed by atoms with Crippen LogP contribution in [0.1, 0.15) is 93.4 Å². The summed E-state index contributed by atoms with van der Waals surface area (Å²) in [7, 11) is -1.58. The first-order valence-corrected chi connectivity index (χ1v) is 15.1. The molecular weight excluding hydrogens is 372 g/mol. The van der Waals surface area contributed by atoms with Gasteiger partial charge in [0, 0.05) is 0 Å². The van der Waals surface area contributed by atoms with E-state index in [1.54, 1.807) is 0 Å². The maximum absolute atomic E-state index is 6.92. The summed E-state index contributed by atoms with van der Waals surface area (Å²) >= 11 is 0. The predicted octanol–water partition coefficient (Wildman–Crippen LogP) is 7.74. The van der Waals surface area contributed by atoms with Crippen LogP contribution >= 0.6 is 0 Å². The fourth-order valence-corrected chi connectivity index (χ4v) is 11.0. The number of hydrogen-bond donors (Lipinski definition) is 0. The molecule has 0 radical (unpaired) electrons. The zero-order chi connectivity index (χ0) is 21.5. The molecule has 3 rings (SSSR count). The number of fused-ring (bicyclic) bond motifs is 1. The normalized spacial score (nSPS) is 38.4. The van der Waals surface area contributed by atoms with Crippen LogP contribution in [0.4, 0.5) is 0 Å². The van der Waals surface area contributed by atoms with Crippen molar-refractivity contribution in [1.82, 2.24) is 0 Å². The van der Waals surface area contributed by atoms with E-state index in [0.29, 0.717) is 17.3 Å². The van der Waals surface area contributed by atoms with E-state index in [9.17, 15) is 0 Å². The van der Waals surface area contributed by atoms with Crippen molar-refractivity contribution in [2.75, 3.05) is 6.61 Å². The average Bonchev–Trinajstić information content (AvgIpc) is 3.21. The Kier molecular flexibility index (Phi) is 6.84. The lowest BCUT2D eigenvalue weighted by atomic mass is 9.60. The summed E-state index contributed by atoms with van der Waals surface area (Å²) in [6, 6.07) is 3.69. The van der Waals surface area contributed by atoms with E-state index in [2.05, 4.69) is 55.0 Å². The lowest BCUT2D eigenvalue weighted by Gasteiger charge is -2.47. The first kappa shape index (κ1) is 23.5. The maximum Gasteiger partial charge on any atom is 0.192 e. The molecule has 3 heteroatoms. The molecule has 2 saturated carbocycles. The van der Waals surface area contributed by atoms with Crippen LogP contribution in [-0.2, 0) is 9.16 Å². The minimum absolute atomic E-state index is 0.0330. The molecule has 0 aromatic heterocycles. The summed E-state index contributed by atoms with van der Waals surface area (Å²) < 4.78 is 13.6. The highest BCUT2D eigenvalue weighted by Gasteiger charge is 2.57. The summed E-state index contributed by atoms with van der Waals surface area (Å²) in [5.41, 5.74) is 1.93. The summed E-state index contributed by atoms with van der Waals surface area (Å²) in [4.78, 5) is 0. The molecular formula is C26H48O2Si. The van der Waals surface area contributed by atoms with Gasteiger partial charge in [-0.1, -0.05) is 39.8 Å². The Labute approximate surface area is 182 Å². The van der Waals surface area contributed by atoms with E-state index in [0.717, 1.165) is 18.9 Å². The molecule has 0 spiro atoms. The van der Waals surface area contributed by atoms with Gasteiger partial charge in [-0.05, 0) is 107 Å². The third kappa shape index (κ3) is 4.43. The summed E-state index contributed by atoms with van der Waals surface area (Å²) in [6.45, 7) is 22.0. The van der Waals surface area contributed by atoms with Gasteiger partial charge in [0.25, 0.3) is 0 Å². The van der Waals surface area contributed by atoms with Crippen LogP contribution in [0.3, 0.4) is 0 Å². The van der Waals surface area contributed by atoms with E-state index in [1.165, 1.54) is 62.2 Å². The second kappa shape index (κ2) is 8.43. The molecule has 2 nitrogen and oxygen atoms in total. The number of rotatable bonds is 8. The zero-order valence-corrected chi connectivity index (χ0v) is 21.5. The molecule has 1 heterocycles. The van der Waals surface area contributed by atoms with Gasteiger partial charge in [-0.25, -0.2) is 0 Å². The molecule has 0 aromatic carbocycles. The van der Waals surface area contributed by atoms with Crippen LogP contribution in [0.25, 0.3) is 0 Å². The van der Waals surface area contributed by atoms with Gasteiger partial charge in [-0.2, -0.15) is 0 Å². The zero-order valence-electron chi connectivity index (χ0n) is 20.5. The molecule has 1 saturated heterocycles. The Morgan fingerprint density at radius 1 is 1.14 bits per heavy atom. The third-order valence-corrected chi connectivity index (χ3v) is 14.2. The van der Waals surface area contributed by atoms with Gasteiger partial charge in [-0.3, -0.25) is 0 Å². The number of allylic oxidation sites excluding steroid dienone is 1. The lowest BCUT2D eigenvalue weighted by molar-refractivity contribution is -0.0753. The molecule has 0 aromatic rings. The van der Waals surface area contributed by atoms with Crippen LogP contribution in [0, 0.1) is 23.2 Å². The molecule has 3 aliphatic rings. The van der Waals surface area contributed by atoms with E-state index >= 15 is 0 Å². The molecule has 2 aliphatic carbocycles. The van der Waals surface area contributed by atoms with Gasteiger partial charge < -0.3 is 9.16 Å². The van der Waals surface area contributed by atoms with E-state index in [1.807, 2.05) is 0 Å². The average molecular weight is 421 g/mol. The second-order valence-electron chi connectivity index (χ2n) is 11.7. The lowest BCUT2D eigenvalue weighted by Crippen LogP contribution is -2.46. The van der Waals surface area contributed by atoms with Gasteiger partial charge in [-0.15, -0.1) is 0 Å². The summed E-state index contributed by atoms with van der Waals surface area (Å²) in [5.74, 6) is 2.04. The van der Waals surface area contributed by atoms with Crippen molar-refractivity contribution in [3.05, 3.63) is 12.2 Å². The molecule has 29 heavy (non-hydrogen) atoms. The summed E-state index contributed by atoms with van der Waals surface area (Å²) in [5, 5.41) is 0. The molecule has 0 amide bonds.